The Labute approximate surface area is 124 Å². The van der Waals surface area contributed by atoms with E-state index in [2.05, 4.69) is 30.6 Å². The molecule has 4 nitrogen and oxygen atoms in total. The first kappa shape index (κ1) is 16.2. The van der Waals surface area contributed by atoms with Gasteiger partial charge in [0, 0.05) is 50.9 Å². The largest absolute Gasteiger partial charge is 0.383 e. The molecular formula is C16H33N3O. The molecule has 2 fully saturated rings. The lowest BCUT2D eigenvalue weighted by atomic mass is 9.93. The van der Waals surface area contributed by atoms with Crippen LogP contribution in [-0.4, -0.2) is 67.3 Å². The minimum absolute atomic E-state index is 0.158. The van der Waals surface area contributed by atoms with Crippen LogP contribution in [-0.2, 0) is 4.74 Å². The highest BCUT2D eigenvalue weighted by Crippen LogP contribution is 2.39. The van der Waals surface area contributed by atoms with Gasteiger partial charge in [0.05, 0.1) is 6.61 Å². The third kappa shape index (κ3) is 3.35. The van der Waals surface area contributed by atoms with Gasteiger partial charge in [0.1, 0.15) is 0 Å². The maximum Gasteiger partial charge on any atom is 0.0590 e. The van der Waals surface area contributed by atoms with Crippen molar-refractivity contribution >= 4 is 0 Å². The van der Waals surface area contributed by atoms with E-state index in [1.165, 1.54) is 25.8 Å². The summed E-state index contributed by atoms with van der Waals surface area (Å²) in [5.41, 5.74) is 6.41. The molecule has 2 unspecified atom stereocenters. The second-order valence-electron chi connectivity index (χ2n) is 7.01. The van der Waals surface area contributed by atoms with Gasteiger partial charge in [0.15, 0.2) is 0 Å². The highest BCUT2D eigenvalue weighted by atomic mass is 16.5. The normalized spacial score (nSPS) is 29.6. The number of likely N-dealkylation sites (tertiary alicyclic amines) is 1. The van der Waals surface area contributed by atoms with Crippen molar-refractivity contribution < 1.29 is 4.74 Å². The fourth-order valence-corrected chi connectivity index (χ4v) is 3.74. The van der Waals surface area contributed by atoms with E-state index >= 15 is 0 Å². The molecule has 0 aromatic heterocycles. The quantitative estimate of drug-likeness (QED) is 0.734. The number of methoxy groups -OCH3 is 1. The molecule has 2 atom stereocenters. The predicted molar refractivity (Wildman–Crippen MR) is 83.9 cm³/mol. The number of ether oxygens (including phenoxy) is 1. The molecule has 2 rings (SSSR count). The van der Waals surface area contributed by atoms with Crippen molar-refractivity contribution in [2.24, 2.45) is 11.7 Å². The van der Waals surface area contributed by atoms with Crippen molar-refractivity contribution in [3.8, 4) is 0 Å². The summed E-state index contributed by atoms with van der Waals surface area (Å²) < 4.78 is 5.35. The molecule has 0 radical (unpaired) electrons. The van der Waals surface area contributed by atoms with Gasteiger partial charge in [0.2, 0.25) is 0 Å². The summed E-state index contributed by atoms with van der Waals surface area (Å²) in [6.45, 7) is 11.8. The molecule has 0 bridgehead atoms. The molecule has 0 aromatic carbocycles. The van der Waals surface area contributed by atoms with Crippen LogP contribution >= 0.6 is 0 Å². The van der Waals surface area contributed by atoms with E-state index in [9.17, 15) is 0 Å². The van der Waals surface area contributed by atoms with Crippen LogP contribution in [0, 0.1) is 5.92 Å². The third-order valence-corrected chi connectivity index (χ3v) is 5.41. The van der Waals surface area contributed by atoms with E-state index in [-0.39, 0.29) is 5.54 Å². The van der Waals surface area contributed by atoms with E-state index in [1.54, 1.807) is 7.11 Å². The standard InChI is InChI=1S/C16H33N3O/c1-13(2)18-8-7-16(11-17,12-18)19(9-10-20-4)14(3)15-5-6-15/h13-15H,5-12,17H2,1-4H3. The molecule has 1 saturated carbocycles. The molecule has 1 saturated heterocycles. The molecule has 2 aliphatic rings. The second kappa shape index (κ2) is 6.73. The number of hydrogen-bond donors (Lipinski definition) is 1. The zero-order chi connectivity index (χ0) is 14.8. The van der Waals surface area contributed by atoms with Gasteiger partial charge in [-0.15, -0.1) is 0 Å². The molecule has 0 amide bonds. The fraction of sp³-hybridized carbons (Fsp3) is 1.00. The van der Waals surface area contributed by atoms with Crippen LogP contribution in [0.1, 0.15) is 40.0 Å². The molecule has 0 spiro atoms. The summed E-state index contributed by atoms with van der Waals surface area (Å²) in [7, 11) is 1.80. The van der Waals surface area contributed by atoms with E-state index in [1.807, 2.05) is 0 Å². The lowest BCUT2D eigenvalue weighted by molar-refractivity contribution is 0.0239. The Morgan fingerprint density at radius 1 is 1.35 bits per heavy atom. The Kier molecular flexibility index (Phi) is 5.46. The van der Waals surface area contributed by atoms with Crippen molar-refractivity contribution in [2.75, 3.05) is 39.9 Å². The van der Waals surface area contributed by atoms with Crippen molar-refractivity contribution in [1.82, 2.24) is 9.80 Å². The highest BCUT2D eigenvalue weighted by molar-refractivity contribution is 5.04. The number of nitrogens with zero attached hydrogens (tertiary/aromatic N) is 2. The van der Waals surface area contributed by atoms with Crippen LogP contribution < -0.4 is 5.73 Å². The second-order valence-corrected chi connectivity index (χ2v) is 7.01. The van der Waals surface area contributed by atoms with Crippen molar-refractivity contribution in [2.45, 2.75) is 57.7 Å². The SMILES string of the molecule is COCCN(C(C)C1CC1)C1(CN)CCN(C(C)C)C1. The van der Waals surface area contributed by atoms with Gasteiger partial charge in [-0.25, -0.2) is 0 Å². The maximum atomic E-state index is 6.25. The smallest absolute Gasteiger partial charge is 0.0590 e. The molecule has 1 heterocycles. The molecule has 1 aliphatic carbocycles. The highest BCUT2D eigenvalue weighted by Gasteiger charge is 2.46. The van der Waals surface area contributed by atoms with Crippen molar-refractivity contribution in [1.29, 1.82) is 0 Å². The summed E-state index contributed by atoms with van der Waals surface area (Å²) in [6.07, 6.45) is 3.97. The number of nitrogens with two attached hydrogens (primary N) is 1. The van der Waals surface area contributed by atoms with Crippen LogP contribution in [0.2, 0.25) is 0 Å². The molecule has 0 aromatic rings. The molecule has 2 N–H and O–H groups in total. The first-order valence-corrected chi connectivity index (χ1v) is 8.24. The monoisotopic (exact) mass is 283 g/mol. The van der Waals surface area contributed by atoms with Crippen LogP contribution in [0.3, 0.4) is 0 Å². The van der Waals surface area contributed by atoms with Crippen LogP contribution in [0.5, 0.6) is 0 Å². The average Bonchev–Trinajstić information content (AvgIpc) is 3.19. The van der Waals surface area contributed by atoms with Gasteiger partial charge >= 0.3 is 0 Å². The first-order chi connectivity index (χ1) is 9.54. The van der Waals surface area contributed by atoms with Gasteiger partial charge in [-0.1, -0.05) is 0 Å². The van der Waals surface area contributed by atoms with E-state index in [0.717, 1.165) is 32.2 Å². The Hall–Kier alpha value is -0.160. The topological polar surface area (TPSA) is 41.7 Å². The van der Waals surface area contributed by atoms with E-state index < -0.39 is 0 Å². The van der Waals surface area contributed by atoms with Crippen molar-refractivity contribution in [3.05, 3.63) is 0 Å². The average molecular weight is 283 g/mol. The van der Waals surface area contributed by atoms with E-state index in [4.69, 9.17) is 10.5 Å². The Morgan fingerprint density at radius 3 is 2.50 bits per heavy atom. The van der Waals surface area contributed by atoms with Gasteiger partial charge in [0.25, 0.3) is 0 Å². The Bertz CT molecular complexity index is 306. The summed E-state index contributed by atoms with van der Waals surface area (Å²) in [6, 6.07) is 1.25. The molecular weight excluding hydrogens is 250 g/mol. The lowest BCUT2D eigenvalue weighted by Gasteiger charge is -2.45. The first-order valence-electron chi connectivity index (χ1n) is 8.24. The minimum atomic E-state index is 0.158. The minimum Gasteiger partial charge on any atom is -0.383 e. The van der Waals surface area contributed by atoms with Crippen molar-refractivity contribution in [3.63, 3.8) is 0 Å². The molecule has 4 heteroatoms. The van der Waals surface area contributed by atoms with Gasteiger partial charge in [-0.05, 0) is 46.0 Å². The molecule has 1 aliphatic heterocycles. The lowest BCUT2D eigenvalue weighted by Crippen LogP contribution is -2.60. The summed E-state index contributed by atoms with van der Waals surface area (Å²) in [4.78, 5) is 5.25. The van der Waals surface area contributed by atoms with Crippen LogP contribution in [0.15, 0.2) is 0 Å². The zero-order valence-corrected chi connectivity index (χ0v) is 13.8. The van der Waals surface area contributed by atoms with Gasteiger partial charge in [-0.2, -0.15) is 0 Å². The van der Waals surface area contributed by atoms with E-state index in [0.29, 0.717) is 12.1 Å². The fourth-order valence-electron chi connectivity index (χ4n) is 3.74. The van der Waals surface area contributed by atoms with Gasteiger partial charge in [-0.3, -0.25) is 9.80 Å². The summed E-state index contributed by atoms with van der Waals surface area (Å²) in [5, 5.41) is 0. The summed E-state index contributed by atoms with van der Waals surface area (Å²) >= 11 is 0. The summed E-state index contributed by atoms with van der Waals surface area (Å²) in [5.74, 6) is 0.878. The third-order valence-electron chi connectivity index (χ3n) is 5.41. The van der Waals surface area contributed by atoms with Crippen LogP contribution in [0.4, 0.5) is 0 Å². The zero-order valence-electron chi connectivity index (χ0n) is 13.8. The van der Waals surface area contributed by atoms with Crippen LogP contribution in [0.25, 0.3) is 0 Å². The predicted octanol–water partition coefficient (Wildman–Crippen LogP) is 1.54. The number of hydrogen-bond acceptors (Lipinski definition) is 4. The molecule has 118 valence electrons. The Balaban J connectivity index is 2.11. The molecule has 20 heavy (non-hydrogen) atoms. The Morgan fingerprint density at radius 2 is 2.05 bits per heavy atom. The van der Waals surface area contributed by atoms with Gasteiger partial charge < -0.3 is 10.5 Å². The number of rotatable bonds is 8. The maximum absolute atomic E-state index is 6.25.